The van der Waals surface area contributed by atoms with Crippen LogP contribution in [0.3, 0.4) is 0 Å². The van der Waals surface area contributed by atoms with Crippen molar-refractivity contribution in [2.24, 2.45) is 11.8 Å². The molecule has 0 spiro atoms. The van der Waals surface area contributed by atoms with Crippen LogP contribution in [0.5, 0.6) is 0 Å². The van der Waals surface area contributed by atoms with Crippen molar-refractivity contribution in [2.45, 2.75) is 46.5 Å². The van der Waals surface area contributed by atoms with Crippen molar-refractivity contribution in [3.63, 3.8) is 0 Å². The van der Waals surface area contributed by atoms with Crippen molar-refractivity contribution < 1.29 is 19.4 Å². The van der Waals surface area contributed by atoms with Gasteiger partial charge in [0.25, 0.3) is 0 Å². The molecule has 0 aromatic carbocycles. The molecule has 1 atom stereocenters. The second-order valence-corrected chi connectivity index (χ2v) is 4.52. The Balaban J connectivity index is 4.08. The largest absolute Gasteiger partial charge is 0.481 e. The van der Waals surface area contributed by atoms with E-state index in [4.69, 9.17) is 9.84 Å². The summed E-state index contributed by atoms with van der Waals surface area (Å²) >= 11 is 0. The highest BCUT2D eigenvalue weighted by Crippen LogP contribution is 2.19. The van der Waals surface area contributed by atoms with Gasteiger partial charge in [-0.05, 0) is 24.7 Å². The molecule has 0 heterocycles. The van der Waals surface area contributed by atoms with E-state index in [1.807, 2.05) is 20.8 Å². The summed E-state index contributed by atoms with van der Waals surface area (Å²) in [6.07, 6.45) is 1.79. The van der Waals surface area contributed by atoms with Crippen LogP contribution in [0.2, 0.25) is 0 Å². The van der Waals surface area contributed by atoms with E-state index in [9.17, 15) is 9.59 Å². The lowest BCUT2D eigenvalue weighted by Gasteiger charge is -2.16. The first-order valence-electron chi connectivity index (χ1n) is 5.83. The molecule has 0 aliphatic rings. The maximum Gasteiger partial charge on any atom is 0.306 e. The topological polar surface area (TPSA) is 63.6 Å². The SMILES string of the molecule is CCCOC(=O)CC(CC(=O)O)CC(C)C. The smallest absolute Gasteiger partial charge is 0.306 e. The van der Waals surface area contributed by atoms with Gasteiger partial charge in [0.15, 0.2) is 0 Å². The van der Waals surface area contributed by atoms with E-state index in [1.54, 1.807) is 0 Å². The Kier molecular flexibility index (Phi) is 7.60. The number of rotatable bonds is 8. The number of ether oxygens (including phenoxy) is 1. The molecule has 0 aliphatic carbocycles. The van der Waals surface area contributed by atoms with Crippen LogP contribution in [-0.2, 0) is 14.3 Å². The lowest BCUT2D eigenvalue weighted by atomic mass is 9.91. The summed E-state index contributed by atoms with van der Waals surface area (Å²) in [5.74, 6) is -0.854. The first-order valence-corrected chi connectivity index (χ1v) is 5.83. The van der Waals surface area contributed by atoms with Crippen molar-refractivity contribution in [3.05, 3.63) is 0 Å². The highest BCUT2D eigenvalue weighted by molar-refractivity contribution is 5.72. The monoisotopic (exact) mass is 230 g/mol. The third-order valence-corrected chi connectivity index (χ3v) is 2.19. The van der Waals surface area contributed by atoms with Crippen LogP contribution in [-0.4, -0.2) is 23.7 Å². The Morgan fingerprint density at radius 2 is 1.88 bits per heavy atom. The molecule has 0 fully saturated rings. The Morgan fingerprint density at radius 3 is 2.31 bits per heavy atom. The summed E-state index contributed by atoms with van der Waals surface area (Å²) in [6, 6.07) is 0. The van der Waals surface area contributed by atoms with E-state index in [2.05, 4.69) is 0 Å². The van der Waals surface area contributed by atoms with Crippen LogP contribution in [0.1, 0.15) is 46.5 Å². The van der Waals surface area contributed by atoms with Crippen LogP contribution >= 0.6 is 0 Å². The van der Waals surface area contributed by atoms with Crippen LogP contribution in [0.4, 0.5) is 0 Å². The number of carboxylic acid groups (broad SMARTS) is 1. The molecule has 1 unspecified atom stereocenters. The first-order chi connectivity index (χ1) is 7.45. The van der Waals surface area contributed by atoms with Crippen molar-refractivity contribution in [1.29, 1.82) is 0 Å². The zero-order chi connectivity index (χ0) is 12.6. The number of carbonyl (C=O) groups excluding carboxylic acids is 1. The summed E-state index contributed by atoms with van der Waals surface area (Å²) in [4.78, 5) is 22.0. The molecule has 0 saturated heterocycles. The van der Waals surface area contributed by atoms with E-state index in [-0.39, 0.29) is 24.7 Å². The van der Waals surface area contributed by atoms with Crippen molar-refractivity contribution in [3.8, 4) is 0 Å². The molecule has 0 aliphatic heterocycles. The summed E-state index contributed by atoms with van der Waals surface area (Å²) in [5.41, 5.74) is 0. The molecule has 4 heteroatoms. The molecule has 0 aromatic rings. The van der Waals surface area contributed by atoms with Crippen LogP contribution in [0, 0.1) is 11.8 Å². The molecule has 0 radical (unpaired) electrons. The zero-order valence-electron chi connectivity index (χ0n) is 10.4. The lowest BCUT2D eigenvalue weighted by molar-refractivity contribution is -0.145. The van der Waals surface area contributed by atoms with Gasteiger partial charge >= 0.3 is 11.9 Å². The maximum absolute atomic E-state index is 11.4. The first kappa shape index (κ1) is 14.9. The second-order valence-electron chi connectivity index (χ2n) is 4.52. The van der Waals surface area contributed by atoms with Gasteiger partial charge in [-0.3, -0.25) is 9.59 Å². The number of aliphatic carboxylic acids is 1. The average molecular weight is 230 g/mol. The molecule has 0 aromatic heterocycles. The highest BCUT2D eigenvalue weighted by Gasteiger charge is 2.19. The molecular weight excluding hydrogens is 208 g/mol. The fourth-order valence-corrected chi connectivity index (χ4v) is 1.66. The fourth-order valence-electron chi connectivity index (χ4n) is 1.66. The van der Waals surface area contributed by atoms with Gasteiger partial charge in [-0.25, -0.2) is 0 Å². The molecule has 16 heavy (non-hydrogen) atoms. The molecule has 0 rings (SSSR count). The molecule has 0 saturated carbocycles. The van der Waals surface area contributed by atoms with Crippen molar-refractivity contribution in [2.75, 3.05) is 6.61 Å². The normalized spacial score (nSPS) is 12.5. The molecular formula is C12H22O4. The third-order valence-electron chi connectivity index (χ3n) is 2.19. The highest BCUT2D eigenvalue weighted by atomic mass is 16.5. The maximum atomic E-state index is 11.4. The predicted molar refractivity (Wildman–Crippen MR) is 61.1 cm³/mol. The quantitative estimate of drug-likeness (QED) is 0.650. The minimum Gasteiger partial charge on any atom is -0.481 e. The van der Waals surface area contributed by atoms with Gasteiger partial charge in [0, 0.05) is 12.8 Å². The average Bonchev–Trinajstić information content (AvgIpc) is 2.12. The van der Waals surface area contributed by atoms with Gasteiger partial charge in [0.1, 0.15) is 0 Å². The lowest BCUT2D eigenvalue weighted by Crippen LogP contribution is -2.17. The number of hydrogen-bond acceptors (Lipinski definition) is 3. The van der Waals surface area contributed by atoms with Crippen LogP contribution in [0.25, 0.3) is 0 Å². The standard InChI is InChI=1S/C12H22O4/c1-4-5-16-12(15)8-10(6-9(2)3)7-11(13)14/h9-10H,4-8H2,1-3H3,(H,13,14). The minimum absolute atomic E-state index is 0.0411. The summed E-state index contributed by atoms with van der Waals surface area (Å²) in [6.45, 7) is 6.38. The van der Waals surface area contributed by atoms with Gasteiger partial charge in [0.05, 0.1) is 6.61 Å². The predicted octanol–water partition coefficient (Wildman–Crippen LogP) is 2.47. The van der Waals surface area contributed by atoms with Gasteiger partial charge in [0.2, 0.25) is 0 Å². The van der Waals surface area contributed by atoms with Crippen LogP contribution < -0.4 is 0 Å². The Hall–Kier alpha value is -1.06. The van der Waals surface area contributed by atoms with Crippen molar-refractivity contribution in [1.82, 2.24) is 0 Å². The molecule has 0 bridgehead atoms. The van der Waals surface area contributed by atoms with Gasteiger partial charge in [-0.2, -0.15) is 0 Å². The van der Waals surface area contributed by atoms with Crippen molar-refractivity contribution >= 4 is 11.9 Å². The summed E-state index contributed by atoms with van der Waals surface area (Å²) < 4.78 is 4.95. The third kappa shape index (κ3) is 8.26. The van der Waals surface area contributed by atoms with E-state index in [0.29, 0.717) is 12.5 Å². The second kappa shape index (κ2) is 8.13. The van der Waals surface area contributed by atoms with E-state index >= 15 is 0 Å². The van der Waals surface area contributed by atoms with E-state index in [1.165, 1.54) is 0 Å². The number of carbonyl (C=O) groups is 2. The number of carboxylic acids is 1. The minimum atomic E-state index is -0.853. The van der Waals surface area contributed by atoms with Gasteiger partial charge in [-0.1, -0.05) is 20.8 Å². The van der Waals surface area contributed by atoms with E-state index in [0.717, 1.165) is 12.8 Å². The molecule has 4 nitrogen and oxygen atoms in total. The van der Waals surface area contributed by atoms with Crippen LogP contribution in [0.15, 0.2) is 0 Å². The molecule has 94 valence electrons. The Bertz CT molecular complexity index is 223. The fraction of sp³-hybridized carbons (Fsp3) is 0.833. The number of hydrogen-bond donors (Lipinski definition) is 1. The Labute approximate surface area is 97.0 Å². The van der Waals surface area contributed by atoms with E-state index < -0.39 is 5.97 Å². The zero-order valence-corrected chi connectivity index (χ0v) is 10.4. The van der Waals surface area contributed by atoms with Gasteiger partial charge in [-0.15, -0.1) is 0 Å². The Morgan fingerprint density at radius 1 is 1.25 bits per heavy atom. The summed E-state index contributed by atoms with van der Waals surface area (Å²) in [5, 5.41) is 8.73. The van der Waals surface area contributed by atoms with Gasteiger partial charge < -0.3 is 9.84 Å². The molecule has 0 amide bonds. The molecule has 1 N–H and O–H groups in total. The number of esters is 1. The summed E-state index contributed by atoms with van der Waals surface area (Å²) in [7, 11) is 0.